The predicted molar refractivity (Wildman–Crippen MR) is 99.0 cm³/mol. The lowest BCUT2D eigenvalue weighted by molar-refractivity contribution is 0.00636. The van der Waals surface area contributed by atoms with Crippen molar-refractivity contribution in [3.8, 4) is 0 Å². The van der Waals surface area contributed by atoms with Gasteiger partial charge in [0.1, 0.15) is 17.9 Å². The third-order valence-electron chi connectivity index (χ3n) is 3.69. The number of hydrogen-bond donors (Lipinski definition) is 1. The van der Waals surface area contributed by atoms with Crippen LogP contribution in [0.3, 0.4) is 0 Å². The summed E-state index contributed by atoms with van der Waals surface area (Å²) in [6, 6.07) is 16.3. The average Bonchev–Trinajstić information content (AvgIpc) is 3.02. The Morgan fingerprint density at radius 3 is 2.38 bits per heavy atom. The second-order valence-electron chi connectivity index (χ2n) is 7.05. The molecule has 0 saturated carbocycles. The lowest BCUT2D eigenvalue weighted by Gasteiger charge is -2.18. The number of benzene rings is 2. The summed E-state index contributed by atoms with van der Waals surface area (Å²) in [4.78, 5) is 27.4. The van der Waals surface area contributed by atoms with Gasteiger partial charge in [0.25, 0.3) is 0 Å². The van der Waals surface area contributed by atoms with Crippen LogP contribution in [0.25, 0.3) is 10.9 Å². The summed E-state index contributed by atoms with van der Waals surface area (Å²) in [5.41, 5.74) is 1.81. The van der Waals surface area contributed by atoms with Gasteiger partial charge < -0.3 is 14.5 Å². The fourth-order valence-electron chi connectivity index (χ4n) is 2.50. The zero-order chi connectivity index (χ0) is 18.7. The normalized spacial score (nSPS) is 11.3. The first-order valence-corrected chi connectivity index (χ1v) is 8.39. The van der Waals surface area contributed by atoms with Crippen molar-refractivity contribution in [2.75, 3.05) is 0 Å². The van der Waals surface area contributed by atoms with Crippen molar-refractivity contribution in [3.05, 3.63) is 71.4 Å². The highest BCUT2D eigenvalue weighted by Crippen LogP contribution is 2.20. The lowest BCUT2D eigenvalue weighted by atomic mass is 10.1. The van der Waals surface area contributed by atoms with E-state index in [2.05, 4.69) is 4.98 Å². The molecule has 5 heteroatoms. The maximum absolute atomic E-state index is 12.3. The Labute approximate surface area is 151 Å². The van der Waals surface area contributed by atoms with Crippen LogP contribution in [0.5, 0.6) is 0 Å². The van der Waals surface area contributed by atoms with Crippen molar-refractivity contribution in [1.29, 1.82) is 0 Å². The molecular weight excluding hydrogens is 330 g/mol. The molecule has 1 heterocycles. The van der Waals surface area contributed by atoms with E-state index in [1.165, 1.54) is 0 Å². The fourth-order valence-corrected chi connectivity index (χ4v) is 2.50. The quantitative estimate of drug-likeness (QED) is 0.704. The molecule has 0 aliphatic carbocycles. The average molecular weight is 351 g/mol. The Kier molecular flexibility index (Phi) is 4.80. The second kappa shape index (κ2) is 7.04. The van der Waals surface area contributed by atoms with Gasteiger partial charge in [-0.25, -0.2) is 9.59 Å². The third kappa shape index (κ3) is 4.30. The number of carbonyl (C=O) groups excluding carboxylic acids is 2. The molecular formula is C21H21NO4. The smallest absolute Gasteiger partial charge is 0.355 e. The van der Waals surface area contributed by atoms with Gasteiger partial charge in [0.15, 0.2) is 0 Å². The Hall–Kier alpha value is -3.08. The second-order valence-corrected chi connectivity index (χ2v) is 7.05. The molecule has 3 rings (SSSR count). The van der Waals surface area contributed by atoms with Crippen LogP contribution in [0.2, 0.25) is 0 Å². The predicted octanol–water partition coefficient (Wildman–Crippen LogP) is 4.48. The van der Waals surface area contributed by atoms with Gasteiger partial charge in [-0.05, 0) is 44.5 Å². The van der Waals surface area contributed by atoms with Gasteiger partial charge in [-0.1, -0.05) is 36.4 Å². The first-order chi connectivity index (χ1) is 12.3. The van der Waals surface area contributed by atoms with Crippen molar-refractivity contribution < 1.29 is 19.1 Å². The van der Waals surface area contributed by atoms with E-state index in [0.717, 1.165) is 10.9 Å². The van der Waals surface area contributed by atoms with Gasteiger partial charge in [0.05, 0.1) is 5.56 Å². The minimum atomic E-state index is -0.569. The van der Waals surface area contributed by atoms with Gasteiger partial charge in [-0.2, -0.15) is 0 Å². The number of ether oxygens (including phenoxy) is 2. The van der Waals surface area contributed by atoms with Crippen LogP contribution in [0.1, 0.15) is 47.2 Å². The number of aromatic amines is 1. The molecule has 0 aliphatic heterocycles. The monoisotopic (exact) mass is 351 g/mol. The number of H-pyrrole nitrogens is 1. The first kappa shape index (κ1) is 17.7. The summed E-state index contributed by atoms with van der Waals surface area (Å²) in [5, 5.41) is 0.825. The summed E-state index contributed by atoms with van der Waals surface area (Å²) in [7, 11) is 0. The molecule has 0 bridgehead atoms. The molecule has 134 valence electrons. The minimum absolute atomic E-state index is 0.214. The Bertz CT molecular complexity index is 936. The summed E-state index contributed by atoms with van der Waals surface area (Å²) in [6.07, 6.45) is 0. The van der Waals surface area contributed by atoms with Crippen molar-refractivity contribution in [3.63, 3.8) is 0 Å². The van der Waals surface area contributed by atoms with Crippen molar-refractivity contribution in [1.82, 2.24) is 4.98 Å². The minimum Gasteiger partial charge on any atom is -0.457 e. The molecule has 0 radical (unpaired) electrons. The molecule has 1 N–H and O–H groups in total. The maximum atomic E-state index is 12.3. The largest absolute Gasteiger partial charge is 0.457 e. The summed E-state index contributed by atoms with van der Waals surface area (Å²) < 4.78 is 10.7. The van der Waals surface area contributed by atoms with Crippen LogP contribution >= 0.6 is 0 Å². The van der Waals surface area contributed by atoms with Crippen LogP contribution in [0.4, 0.5) is 0 Å². The number of hydrogen-bond acceptors (Lipinski definition) is 4. The van der Waals surface area contributed by atoms with E-state index >= 15 is 0 Å². The third-order valence-corrected chi connectivity index (χ3v) is 3.69. The van der Waals surface area contributed by atoms with E-state index in [0.29, 0.717) is 16.8 Å². The molecule has 0 atom stereocenters. The van der Waals surface area contributed by atoms with Crippen molar-refractivity contribution >= 4 is 22.8 Å². The van der Waals surface area contributed by atoms with E-state index in [-0.39, 0.29) is 6.61 Å². The van der Waals surface area contributed by atoms with E-state index < -0.39 is 17.5 Å². The number of rotatable bonds is 4. The molecule has 0 saturated heterocycles. The van der Waals surface area contributed by atoms with Crippen LogP contribution < -0.4 is 0 Å². The highest BCUT2D eigenvalue weighted by Gasteiger charge is 2.20. The van der Waals surface area contributed by atoms with E-state index in [4.69, 9.17) is 9.47 Å². The van der Waals surface area contributed by atoms with Crippen LogP contribution in [-0.4, -0.2) is 22.5 Å². The summed E-state index contributed by atoms with van der Waals surface area (Å²) in [6.45, 7) is 5.66. The molecule has 0 amide bonds. The molecule has 0 spiro atoms. The zero-order valence-corrected chi connectivity index (χ0v) is 15.0. The number of aromatic nitrogens is 1. The van der Waals surface area contributed by atoms with Gasteiger partial charge in [0.2, 0.25) is 0 Å². The molecule has 1 aromatic heterocycles. The number of nitrogens with one attached hydrogen (secondary N) is 1. The maximum Gasteiger partial charge on any atom is 0.355 e. The highest BCUT2D eigenvalue weighted by atomic mass is 16.6. The Morgan fingerprint density at radius 1 is 0.962 bits per heavy atom. The SMILES string of the molecule is CC(C)(C)OC(=O)c1cc2ccc(C(=O)OCc3ccccc3)cc2[nH]1. The summed E-state index contributed by atoms with van der Waals surface area (Å²) >= 11 is 0. The first-order valence-electron chi connectivity index (χ1n) is 8.39. The van der Waals surface area contributed by atoms with Crippen LogP contribution in [0, 0.1) is 0 Å². The number of esters is 2. The van der Waals surface area contributed by atoms with E-state index in [9.17, 15) is 9.59 Å². The van der Waals surface area contributed by atoms with Gasteiger partial charge in [0, 0.05) is 10.9 Å². The molecule has 2 aromatic carbocycles. The Balaban J connectivity index is 1.74. The number of fused-ring (bicyclic) bond motifs is 1. The Morgan fingerprint density at radius 2 is 1.69 bits per heavy atom. The molecule has 3 aromatic rings. The molecule has 0 aliphatic rings. The fraction of sp³-hybridized carbons (Fsp3) is 0.238. The molecule has 0 unspecified atom stereocenters. The number of carbonyl (C=O) groups is 2. The van der Waals surface area contributed by atoms with Crippen LogP contribution in [-0.2, 0) is 16.1 Å². The standard InChI is InChI=1S/C21H21NO4/c1-21(2,3)26-20(24)18-11-15-9-10-16(12-17(15)22-18)19(23)25-13-14-7-5-4-6-8-14/h4-12,22H,13H2,1-3H3. The lowest BCUT2D eigenvalue weighted by Crippen LogP contribution is -2.24. The van der Waals surface area contributed by atoms with Crippen molar-refractivity contribution in [2.24, 2.45) is 0 Å². The van der Waals surface area contributed by atoms with Gasteiger partial charge in [-0.15, -0.1) is 0 Å². The van der Waals surface area contributed by atoms with Crippen molar-refractivity contribution in [2.45, 2.75) is 33.0 Å². The molecule has 0 fully saturated rings. The summed E-state index contributed by atoms with van der Waals surface area (Å²) in [5.74, 6) is -0.842. The van der Waals surface area contributed by atoms with Crippen LogP contribution in [0.15, 0.2) is 54.6 Å². The topological polar surface area (TPSA) is 68.4 Å². The van der Waals surface area contributed by atoms with E-state index in [1.54, 1.807) is 24.3 Å². The van der Waals surface area contributed by atoms with E-state index in [1.807, 2.05) is 51.1 Å². The molecule has 26 heavy (non-hydrogen) atoms. The van der Waals surface area contributed by atoms with Gasteiger partial charge in [-0.3, -0.25) is 0 Å². The van der Waals surface area contributed by atoms with Gasteiger partial charge >= 0.3 is 11.9 Å². The zero-order valence-electron chi connectivity index (χ0n) is 15.0. The highest BCUT2D eigenvalue weighted by molar-refractivity contribution is 5.98. The molecule has 5 nitrogen and oxygen atoms in total.